The second kappa shape index (κ2) is 13.4. The summed E-state index contributed by atoms with van der Waals surface area (Å²) in [5.74, 6) is 2.80. The van der Waals surface area contributed by atoms with Gasteiger partial charge in [0.25, 0.3) is 0 Å². The van der Waals surface area contributed by atoms with Crippen LogP contribution in [-0.4, -0.2) is 54.6 Å². The lowest BCUT2D eigenvalue weighted by Gasteiger charge is -2.29. The molecule has 2 aliphatic heterocycles. The maximum absolute atomic E-state index is 12.1. The van der Waals surface area contributed by atoms with Crippen LogP contribution in [0.25, 0.3) is 11.3 Å². The van der Waals surface area contributed by atoms with Crippen molar-refractivity contribution >= 4 is 17.5 Å². The number of hydrogen-bond acceptors (Lipinski definition) is 8. The van der Waals surface area contributed by atoms with Crippen LogP contribution < -0.4 is 24.0 Å². The van der Waals surface area contributed by atoms with Crippen molar-refractivity contribution in [3.63, 3.8) is 0 Å². The highest BCUT2D eigenvalue weighted by molar-refractivity contribution is 5.85. The molecule has 10 nitrogen and oxygen atoms in total. The predicted molar refractivity (Wildman–Crippen MR) is 178 cm³/mol. The molecule has 238 valence electrons. The molecule has 7 rings (SSSR count). The quantitative estimate of drug-likeness (QED) is 0.182. The normalized spacial score (nSPS) is 13.6. The van der Waals surface area contributed by atoms with Crippen LogP contribution in [0.15, 0.2) is 97.3 Å². The number of benzene rings is 3. The summed E-state index contributed by atoms with van der Waals surface area (Å²) in [6, 6.07) is 27.2. The number of methoxy groups -OCH3 is 1. The van der Waals surface area contributed by atoms with E-state index in [1.54, 1.807) is 31.6 Å². The number of carboxylic acid groups (broad SMARTS) is 1. The fraction of sp³-hybridized carbons (Fsp3) is 0.216. The molecule has 0 saturated carbocycles. The Bertz CT molecular complexity index is 1880. The van der Waals surface area contributed by atoms with Gasteiger partial charge in [-0.3, -0.25) is 9.88 Å². The lowest BCUT2D eigenvalue weighted by atomic mass is 9.95. The Hall–Kier alpha value is -5.61. The molecule has 10 heteroatoms. The number of para-hydroxylation sites is 1. The Morgan fingerprint density at radius 1 is 0.957 bits per heavy atom. The Kier molecular flexibility index (Phi) is 8.57. The van der Waals surface area contributed by atoms with Crippen molar-refractivity contribution in [2.75, 3.05) is 43.2 Å². The van der Waals surface area contributed by atoms with Crippen LogP contribution >= 0.6 is 0 Å². The maximum Gasteiger partial charge on any atom is 0.412 e. The van der Waals surface area contributed by atoms with Crippen molar-refractivity contribution in [2.45, 2.75) is 19.6 Å². The van der Waals surface area contributed by atoms with Crippen molar-refractivity contribution in [1.29, 1.82) is 0 Å². The summed E-state index contributed by atoms with van der Waals surface area (Å²) in [5, 5.41) is 9.87. The third-order valence-corrected chi connectivity index (χ3v) is 8.33. The van der Waals surface area contributed by atoms with Gasteiger partial charge in [-0.25, -0.2) is 9.78 Å². The molecule has 1 fully saturated rings. The number of morpholine rings is 1. The number of anilines is 2. The number of pyridine rings is 2. The molecule has 0 spiro atoms. The summed E-state index contributed by atoms with van der Waals surface area (Å²) >= 11 is 0. The fourth-order valence-corrected chi connectivity index (χ4v) is 5.88. The molecular formula is C37H34N4O6. The molecule has 3 aromatic carbocycles. The van der Waals surface area contributed by atoms with Gasteiger partial charge in [-0.15, -0.1) is 0 Å². The average Bonchev–Trinajstić information content (AvgIpc) is 3.12. The molecular weight excluding hydrogens is 596 g/mol. The molecule has 5 aromatic rings. The number of aromatic nitrogens is 2. The Morgan fingerprint density at radius 3 is 2.55 bits per heavy atom. The van der Waals surface area contributed by atoms with Gasteiger partial charge in [0.1, 0.15) is 23.9 Å². The Balaban J connectivity index is 1.17. The Morgan fingerprint density at radius 2 is 1.79 bits per heavy atom. The minimum absolute atomic E-state index is 0.193. The molecule has 0 radical (unpaired) electrons. The summed E-state index contributed by atoms with van der Waals surface area (Å²) in [4.78, 5) is 24.7. The largest absolute Gasteiger partial charge is 0.497 e. The first-order chi connectivity index (χ1) is 23.0. The van der Waals surface area contributed by atoms with E-state index in [2.05, 4.69) is 22.0 Å². The monoisotopic (exact) mass is 630 g/mol. The van der Waals surface area contributed by atoms with E-state index in [4.69, 9.17) is 23.9 Å². The summed E-state index contributed by atoms with van der Waals surface area (Å²) in [6.45, 7) is 3.44. The van der Waals surface area contributed by atoms with E-state index < -0.39 is 6.09 Å². The van der Waals surface area contributed by atoms with E-state index >= 15 is 0 Å². The summed E-state index contributed by atoms with van der Waals surface area (Å²) in [6.07, 6.45) is 2.76. The zero-order chi connectivity index (χ0) is 32.2. The van der Waals surface area contributed by atoms with Crippen LogP contribution in [0.4, 0.5) is 16.2 Å². The number of hydrogen-bond donors (Lipinski definition) is 1. The average molecular weight is 631 g/mol. The molecule has 2 aromatic heterocycles. The number of ether oxygens (including phenoxy) is 4. The van der Waals surface area contributed by atoms with Crippen LogP contribution in [0, 0.1) is 0 Å². The van der Waals surface area contributed by atoms with Gasteiger partial charge in [0.15, 0.2) is 0 Å². The van der Waals surface area contributed by atoms with E-state index in [1.165, 1.54) is 4.90 Å². The van der Waals surface area contributed by atoms with E-state index in [0.29, 0.717) is 37.8 Å². The SMILES string of the molecule is COc1ccc(COc2cc(N3CCOCC3)cc(-c3cccc4c3Oc3ccc(CN(C(=O)O)c5cccnc5)cc3C4)n2)cc1. The summed E-state index contributed by atoms with van der Waals surface area (Å²) in [5.41, 5.74) is 7.03. The van der Waals surface area contributed by atoms with Crippen molar-refractivity contribution < 1.29 is 28.8 Å². The number of carbonyl (C=O) groups is 1. The second-order valence-corrected chi connectivity index (χ2v) is 11.4. The van der Waals surface area contributed by atoms with E-state index in [9.17, 15) is 9.90 Å². The first-order valence-corrected chi connectivity index (χ1v) is 15.5. The predicted octanol–water partition coefficient (Wildman–Crippen LogP) is 6.95. The van der Waals surface area contributed by atoms with Crippen molar-refractivity contribution in [3.8, 4) is 34.4 Å². The van der Waals surface area contributed by atoms with Gasteiger partial charge in [0, 0.05) is 43.0 Å². The number of fused-ring (bicyclic) bond motifs is 2. The zero-order valence-corrected chi connectivity index (χ0v) is 26.0. The number of amides is 1. The van der Waals surface area contributed by atoms with E-state index in [-0.39, 0.29) is 6.54 Å². The molecule has 4 heterocycles. The molecule has 2 aliphatic rings. The molecule has 1 N–H and O–H groups in total. The maximum atomic E-state index is 12.1. The highest BCUT2D eigenvalue weighted by atomic mass is 16.5. The van der Waals surface area contributed by atoms with Crippen LogP contribution in [0.1, 0.15) is 22.3 Å². The van der Waals surface area contributed by atoms with Crippen molar-refractivity contribution in [2.24, 2.45) is 0 Å². The molecule has 0 unspecified atom stereocenters. The summed E-state index contributed by atoms with van der Waals surface area (Å²) in [7, 11) is 1.65. The minimum atomic E-state index is -1.04. The van der Waals surface area contributed by atoms with Crippen LogP contribution in [-0.2, 0) is 24.3 Å². The van der Waals surface area contributed by atoms with Gasteiger partial charge in [-0.05, 0) is 70.8 Å². The third-order valence-electron chi connectivity index (χ3n) is 8.33. The highest BCUT2D eigenvalue weighted by Crippen LogP contribution is 2.43. The third kappa shape index (κ3) is 6.68. The van der Waals surface area contributed by atoms with Crippen molar-refractivity contribution in [1.82, 2.24) is 9.97 Å². The standard InChI is InChI=1S/C37H34N4O6/c1-44-31-10-7-25(8-11-31)24-46-35-21-30(40-14-16-45-17-15-40)20-33(39-35)32-6-2-4-27-19-28-18-26(9-12-34(28)47-36(27)32)23-41(37(42)43)29-5-3-13-38-22-29/h2-13,18,20-22H,14-17,19,23-24H2,1H3,(H,42,43). The van der Waals surface area contributed by atoms with E-state index in [0.717, 1.165) is 69.5 Å². The van der Waals surface area contributed by atoms with Gasteiger partial charge >= 0.3 is 6.09 Å². The number of rotatable bonds is 9. The van der Waals surface area contributed by atoms with Gasteiger partial charge in [-0.2, -0.15) is 0 Å². The lowest BCUT2D eigenvalue weighted by molar-refractivity contribution is 0.122. The first kappa shape index (κ1) is 30.1. The van der Waals surface area contributed by atoms with Gasteiger partial charge < -0.3 is 29.0 Å². The summed E-state index contributed by atoms with van der Waals surface area (Å²) < 4.78 is 23.7. The molecule has 0 atom stereocenters. The minimum Gasteiger partial charge on any atom is -0.497 e. The first-order valence-electron chi connectivity index (χ1n) is 15.5. The molecule has 47 heavy (non-hydrogen) atoms. The lowest BCUT2D eigenvalue weighted by Crippen LogP contribution is -2.36. The highest BCUT2D eigenvalue weighted by Gasteiger charge is 2.24. The van der Waals surface area contributed by atoms with Crippen LogP contribution in [0.5, 0.6) is 23.1 Å². The zero-order valence-electron chi connectivity index (χ0n) is 26.0. The fourth-order valence-electron chi connectivity index (χ4n) is 5.88. The molecule has 0 aliphatic carbocycles. The van der Waals surface area contributed by atoms with Crippen LogP contribution in [0.3, 0.4) is 0 Å². The molecule has 0 bridgehead atoms. The topological polar surface area (TPSA) is 106 Å². The van der Waals surface area contributed by atoms with Gasteiger partial charge in [0.05, 0.1) is 44.4 Å². The van der Waals surface area contributed by atoms with Gasteiger partial charge in [0.2, 0.25) is 5.88 Å². The van der Waals surface area contributed by atoms with Gasteiger partial charge in [-0.1, -0.05) is 30.3 Å². The Labute approximate surface area is 272 Å². The smallest absolute Gasteiger partial charge is 0.412 e. The molecule has 1 amide bonds. The van der Waals surface area contributed by atoms with Crippen LogP contribution in [0.2, 0.25) is 0 Å². The molecule has 1 saturated heterocycles. The van der Waals surface area contributed by atoms with E-state index in [1.807, 2.05) is 60.7 Å². The second-order valence-electron chi connectivity index (χ2n) is 11.4. The number of nitrogens with zero attached hydrogens (tertiary/aromatic N) is 4. The van der Waals surface area contributed by atoms with Crippen molar-refractivity contribution in [3.05, 3.63) is 120 Å².